The third kappa shape index (κ3) is 4.95. The van der Waals surface area contributed by atoms with Crippen LogP contribution in [0.1, 0.15) is 39.7 Å². The van der Waals surface area contributed by atoms with Crippen molar-refractivity contribution >= 4 is 17.5 Å². The molecule has 8 heteroatoms. The topological polar surface area (TPSA) is 67.6 Å². The second-order valence-electron chi connectivity index (χ2n) is 7.71. The van der Waals surface area contributed by atoms with E-state index in [-0.39, 0.29) is 23.3 Å². The monoisotopic (exact) mass is 373 g/mol. The number of hydrogen-bond donors (Lipinski definition) is 2. The molecule has 0 aromatic heterocycles. The van der Waals surface area contributed by atoms with Crippen LogP contribution in [-0.2, 0) is 10.9 Å². The van der Waals surface area contributed by atoms with Gasteiger partial charge in [0.25, 0.3) is 0 Å². The molecule has 2 unspecified atom stereocenters. The first-order valence-electron chi connectivity index (χ1n) is 8.58. The highest BCUT2D eigenvalue weighted by atomic mass is 19.4. The number of piperidine rings is 1. The summed E-state index contributed by atoms with van der Waals surface area (Å²) in [6.07, 6.45) is -4.39. The molecule has 26 heavy (non-hydrogen) atoms. The number of amides is 1. The van der Waals surface area contributed by atoms with Crippen molar-refractivity contribution in [2.75, 3.05) is 24.1 Å². The molecule has 0 aliphatic carbocycles. The third-order valence-corrected chi connectivity index (χ3v) is 4.29. The van der Waals surface area contributed by atoms with Crippen molar-refractivity contribution in [2.45, 2.75) is 51.9 Å². The summed E-state index contributed by atoms with van der Waals surface area (Å²) < 4.78 is 45.1. The summed E-state index contributed by atoms with van der Waals surface area (Å²) in [6, 6.07) is 3.52. The van der Waals surface area contributed by atoms with Gasteiger partial charge < -0.3 is 20.7 Å². The lowest BCUT2D eigenvalue weighted by molar-refractivity contribution is -0.136. The van der Waals surface area contributed by atoms with E-state index in [1.54, 1.807) is 25.7 Å². The van der Waals surface area contributed by atoms with Crippen LogP contribution in [0.15, 0.2) is 18.2 Å². The zero-order valence-electron chi connectivity index (χ0n) is 15.5. The molecule has 0 spiro atoms. The van der Waals surface area contributed by atoms with E-state index in [4.69, 9.17) is 10.5 Å². The summed E-state index contributed by atoms with van der Waals surface area (Å²) in [7, 11) is 0. The first-order valence-corrected chi connectivity index (χ1v) is 8.58. The first kappa shape index (κ1) is 20.2. The average Bonchev–Trinajstić information content (AvgIpc) is 2.48. The summed E-state index contributed by atoms with van der Waals surface area (Å²) in [6.45, 7) is 8.07. The molecule has 5 nitrogen and oxygen atoms in total. The van der Waals surface area contributed by atoms with Gasteiger partial charge in [0.1, 0.15) is 5.60 Å². The second kappa shape index (κ2) is 7.25. The fraction of sp³-hybridized carbons (Fsp3) is 0.611. The molecule has 1 fully saturated rings. The number of nitrogens with two attached hydrogens (primary N) is 1. The van der Waals surface area contributed by atoms with Crippen LogP contribution in [0.25, 0.3) is 0 Å². The normalized spacial score (nSPS) is 21.4. The van der Waals surface area contributed by atoms with Gasteiger partial charge in [0.15, 0.2) is 0 Å². The Morgan fingerprint density at radius 2 is 1.96 bits per heavy atom. The zero-order valence-corrected chi connectivity index (χ0v) is 15.5. The van der Waals surface area contributed by atoms with Crippen LogP contribution < -0.4 is 11.1 Å². The number of halogens is 3. The number of anilines is 2. The number of para-hydroxylation sites is 1. The smallest absolute Gasteiger partial charge is 0.418 e. The molecule has 2 rings (SSSR count). The van der Waals surface area contributed by atoms with Crippen molar-refractivity contribution in [1.82, 2.24) is 4.90 Å². The summed E-state index contributed by atoms with van der Waals surface area (Å²) in [5.41, 5.74) is 4.37. The van der Waals surface area contributed by atoms with Crippen molar-refractivity contribution in [3.8, 4) is 0 Å². The number of likely N-dealkylation sites (tertiary alicyclic amines) is 1. The average molecular weight is 373 g/mol. The van der Waals surface area contributed by atoms with Gasteiger partial charge in [-0.2, -0.15) is 13.2 Å². The maximum absolute atomic E-state index is 13.2. The summed E-state index contributed by atoms with van der Waals surface area (Å²) in [4.78, 5) is 13.8. The van der Waals surface area contributed by atoms with Crippen LogP contribution in [0.3, 0.4) is 0 Å². The number of carbonyl (C=O) groups excluding carboxylic acids is 1. The fourth-order valence-electron chi connectivity index (χ4n) is 3.01. The van der Waals surface area contributed by atoms with Gasteiger partial charge >= 0.3 is 12.3 Å². The van der Waals surface area contributed by atoms with E-state index in [1.807, 2.05) is 6.92 Å². The highest BCUT2D eigenvalue weighted by Gasteiger charge is 2.36. The zero-order chi connectivity index (χ0) is 19.7. The van der Waals surface area contributed by atoms with Gasteiger partial charge in [-0.05, 0) is 45.2 Å². The second-order valence-corrected chi connectivity index (χ2v) is 7.71. The van der Waals surface area contributed by atoms with Crippen LogP contribution in [0.2, 0.25) is 0 Å². The molecule has 1 saturated heterocycles. The van der Waals surface area contributed by atoms with E-state index in [9.17, 15) is 18.0 Å². The molecule has 1 aliphatic rings. The Bertz CT molecular complexity index is 656. The van der Waals surface area contributed by atoms with Gasteiger partial charge in [0, 0.05) is 19.1 Å². The first-order chi connectivity index (χ1) is 11.9. The number of nitrogens with zero attached hydrogens (tertiary/aromatic N) is 1. The standard InChI is InChI=1S/C18H26F3N3O2/c1-11-10-24(16(25)26-17(2,3)4)9-8-14(11)23-15-12(18(19,20)21)6-5-7-13(15)22/h5-7,11,14,23H,8-10,22H2,1-4H3. The Labute approximate surface area is 151 Å². The van der Waals surface area contributed by atoms with E-state index in [2.05, 4.69) is 5.32 Å². The fourth-order valence-corrected chi connectivity index (χ4v) is 3.01. The van der Waals surface area contributed by atoms with E-state index in [0.717, 1.165) is 6.07 Å². The van der Waals surface area contributed by atoms with Crippen LogP contribution >= 0.6 is 0 Å². The largest absolute Gasteiger partial charge is 0.444 e. The number of rotatable bonds is 2. The molecule has 1 aromatic rings. The Morgan fingerprint density at radius 3 is 2.50 bits per heavy atom. The Hall–Kier alpha value is -2.12. The van der Waals surface area contributed by atoms with Gasteiger partial charge in [-0.3, -0.25) is 0 Å². The molecule has 146 valence electrons. The van der Waals surface area contributed by atoms with Crippen molar-refractivity contribution in [3.63, 3.8) is 0 Å². The lowest BCUT2D eigenvalue weighted by atomic mass is 9.93. The molecule has 0 radical (unpaired) electrons. The SMILES string of the molecule is CC1CN(C(=O)OC(C)(C)C)CCC1Nc1c(N)cccc1C(F)(F)F. The van der Waals surface area contributed by atoms with E-state index in [0.29, 0.717) is 19.5 Å². The molecule has 0 saturated carbocycles. The lowest BCUT2D eigenvalue weighted by Crippen LogP contribution is -2.49. The van der Waals surface area contributed by atoms with Gasteiger partial charge in [0.05, 0.1) is 16.9 Å². The maximum atomic E-state index is 13.2. The van der Waals surface area contributed by atoms with Crippen LogP contribution in [-0.4, -0.2) is 35.7 Å². The van der Waals surface area contributed by atoms with E-state index < -0.39 is 23.4 Å². The predicted octanol–water partition coefficient (Wildman–Crippen LogP) is 4.35. The molecule has 1 aliphatic heterocycles. The van der Waals surface area contributed by atoms with Gasteiger partial charge in [0.2, 0.25) is 0 Å². The molecule has 2 atom stereocenters. The highest BCUT2D eigenvalue weighted by molar-refractivity contribution is 5.72. The Balaban J connectivity index is 2.09. The maximum Gasteiger partial charge on any atom is 0.418 e. The third-order valence-electron chi connectivity index (χ3n) is 4.29. The number of ether oxygens (including phenoxy) is 1. The van der Waals surface area contributed by atoms with E-state index in [1.165, 1.54) is 12.1 Å². The number of benzene rings is 1. The molecule has 0 bridgehead atoms. The number of carbonyl (C=O) groups is 1. The molecular weight excluding hydrogens is 347 g/mol. The number of nitrogen functional groups attached to an aromatic ring is 1. The van der Waals surface area contributed by atoms with Crippen LogP contribution in [0.5, 0.6) is 0 Å². The lowest BCUT2D eigenvalue weighted by Gasteiger charge is -2.38. The van der Waals surface area contributed by atoms with Crippen molar-refractivity contribution in [3.05, 3.63) is 23.8 Å². The molecule has 1 amide bonds. The van der Waals surface area contributed by atoms with Crippen molar-refractivity contribution < 1.29 is 22.7 Å². The van der Waals surface area contributed by atoms with Gasteiger partial charge in [-0.1, -0.05) is 13.0 Å². The van der Waals surface area contributed by atoms with Crippen LogP contribution in [0, 0.1) is 5.92 Å². The number of hydrogen-bond acceptors (Lipinski definition) is 4. The number of nitrogens with one attached hydrogen (secondary N) is 1. The van der Waals surface area contributed by atoms with Crippen molar-refractivity contribution in [2.24, 2.45) is 5.92 Å². The highest BCUT2D eigenvalue weighted by Crippen LogP contribution is 2.39. The Morgan fingerprint density at radius 1 is 1.31 bits per heavy atom. The molecule has 1 heterocycles. The quantitative estimate of drug-likeness (QED) is 0.757. The molecule has 3 N–H and O–H groups in total. The summed E-state index contributed by atoms with van der Waals surface area (Å²) in [5.74, 6) is -0.0584. The van der Waals surface area contributed by atoms with E-state index >= 15 is 0 Å². The summed E-state index contributed by atoms with van der Waals surface area (Å²) in [5, 5.41) is 2.96. The van der Waals surface area contributed by atoms with Crippen LogP contribution in [0.4, 0.5) is 29.3 Å². The van der Waals surface area contributed by atoms with Gasteiger partial charge in [-0.15, -0.1) is 0 Å². The molecular formula is C18H26F3N3O2. The minimum Gasteiger partial charge on any atom is -0.444 e. The number of alkyl halides is 3. The minimum absolute atomic E-state index is 0.0570. The predicted molar refractivity (Wildman–Crippen MR) is 94.9 cm³/mol. The summed E-state index contributed by atoms with van der Waals surface area (Å²) >= 11 is 0. The van der Waals surface area contributed by atoms with Gasteiger partial charge in [-0.25, -0.2) is 4.79 Å². The Kier molecular flexibility index (Phi) is 5.63. The van der Waals surface area contributed by atoms with Crippen molar-refractivity contribution in [1.29, 1.82) is 0 Å². The molecule has 1 aromatic carbocycles. The minimum atomic E-state index is -4.49.